The Morgan fingerprint density at radius 3 is 2.45 bits per heavy atom. The number of likely N-dealkylation sites (N-methyl/N-ethyl adjacent to an activating group) is 1. The smallest absolute Gasteiger partial charge is 0.251 e. The summed E-state index contributed by atoms with van der Waals surface area (Å²) in [5.74, 6) is -0.0999. The van der Waals surface area contributed by atoms with Crippen LogP contribution in [-0.4, -0.2) is 61.4 Å². The molecule has 0 saturated carbocycles. The quantitative estimate of drug-likeness (QED) is 0.786. The second-order valence-electron chi connectivity index (χ2n) is 7.78. The molecule has 0 spiro atoms. The highest BCUT2D eigenvalue weighted by atomic mass is 16.2. The molecule has 1 aliphatic heterocycles. The number of hydrogen-bond acceptors (Lipinski definition) is 4. The Balaban J connectivity index is 1.64. The molecule has 6 heteroatoms. The van der Waals surface area contributed by atoms with Crippen molar-refractivity contribution in [2.45, 2.75) is 25.4 Å². The molecule has 2 aromatic carbocycles. The summed E-state index contributed by atoms with van der Waals surface area (Å²) in [4.78, 5) is 28.1. The predicted molar refractivity (Wildman–Crippen MR) is 115 cm³/mol. The number of nitrogens with zero attached hydrogens (tertiary/aromatic N) is 2. The van der Waals surface area contributed by atoms with E-state index in [0.29, 0.717) is 12.1 Å². The van der Waals surface area contributed by atoms with E-state index < -0.39 is 0 Å². The molecule has 6 nitrogen and oxygen atoms in total. The molecule has 1 heterocycles. The van der Waals surface area contributed by atoms with Gasteiger partial charge in [-0.2, -0.15) is 0 Å². The zero-order chi connectivity index (χ0) is 20.8. The molecule has 3 N–H and O–H groups in total. The van der Waals surface area contributed by atoms with Gasteiger partial charge in [0.15, 0.2) is 0 Å². The second kappa shape index (κ2) is 9.67. The van der Waals surface area contributed by atoms with E-state index >= 15 is 0 Å². The molecule has 2 aromatic rings. The van der Waals surface area contributed by atoms with Gasteiger partial charge in [-0.1, -0.05) is 30.3 Å². The van der Waals surface area contributed by atoms with Crippen LogP contribution in [0.3, 0.4) is 0 Å². The molecular formula is C23H30N4O2. The topological polar surface area (TPSA) is 78.7 Å². The number of rotatable bonds is 6. The van der Waals surface area contributed by atoms with Gasteiger partial charge in [0.2, 0.25) is 5.91 Å². The minimum absolute atomic E-state index is 0.0112. The van der Waals surface area contributed by atoms with Gasteiger partial charge < -0.3 is 20.9 Å². The first kappa shape index (κ1) is 21.0. The highest BCUT2D eigenvalue weighted by Gasteiger charge is 2.19. The number of piperidine rings is 1. The number of carbonyl (C=O) groups excluding carboxylic acids is 2. The average molecular weight is 395 g/mol. The second-order valence-corrected chi connectivity index (χ2v) is 7.78. The van der Waals surface area contributed by atoms with E-state index in [1.54, 1.807) is 11.9 Å². The SMILES string of the molecule is CN1CCC(NC(=O)c2ccc(-c3cccc(CN(C)C(=O)CN)c3)cc2)CC1. The fourth-order valence-corrected chi connectivity index (χ4v) is 3.60. The molecule has 1 saturated heterocycles. The molecule has 0 bridgehead atoms. The largest absolute Gasteiger partial charge is 0.349 e. The maximum atomic E-state index is 12.5. The van der Waals surface area contributed by atoms with Crippen LogP contribution in [0.25, 0.3) is 11.1 Å². The van der Waals surface area contributed by atoms with Gasteiger partial charge in [0, 0.05) is 25.2 Å². The van der Waals surface area contributed by atoms with E-state index in [1.807, 2.05) is 42.5 Å². The van der Waals surface area contributed by atoms with Crippen molar-refractivity contribution < 1.29 is 9.59 Å². The summed E-state index contributed by atoms with van der Waals surface area (Å²) in [6, 6.07) is 16.0. The summed E-state index contributed by atoms with van der Waals surface area (Å²) in [7, 11) is 3.86. The Kier molecular flexibility index (Phi) is 7.01. The molecule has 0 radical (unpaired) electrons. The van der Waals surface area contributed by atoms with Crippen LogP contribution in [0.2, 0.25) is 0 Å². The third kappa shape index (κ3) is 5.65. The maximum Gasteiger partial charge on any atom is 0.251 e. The number of nitrogens with one attached hydrogen (secondary N) is 1. The Morgan fingerprint density at radius 2 is 1.79 bits per heavy atom. The fraction of sp³-hybridized carbons (Fsp3) is 0.391. The van der Waals surface area contributed by atoms with E-state index in [0.717, 1.165) is 42.6 Å². The number of benzene rings is 2. The van der Waals surface area contributed by atoms with Crippen molar-refractivity contribution >= 4 is 11.8 Å². The van der Waals surface area contributed by atoms with Gasteiger partial charge in [-0.15, -0.1) is 0 Å². The number of hydrogen-bond donors (Lipinski definition) is 2. The van der Waals surface area contributed by atoms with Crippen molar-refractivity contribution in [1.82, 2.24) is 15.1 Å². The van der Waals surface area contributed by atoms with Crippen LogP contribution in [0, 0.1) is 0 Å². The molecule has 3 rings (SSSR count). The molecular weight excluding hydrogens is 364 g/mol. The van der Waals surface area contributed by atoms with E-state index in [4.69, 9.17) is 5.73 Å². The third-order valence-electron chi connectivity index (χ3n) is 5.48. The lowest BCUT2D eigenvalue weighted by Gasteiger charge is -2.29. The highest BCUT2D eigenvalue weighted by Crippen LogP contribution is 2.22. The summed E-state index contributed by atoms with van der Waals surface area (Å²) >= 11 is 0. The van der Waals surface area contributed by atoms with Crippen molar-refractivity contribution in [3.8, 4) is 11.1 Å². The molecule has 0 unspecified atom stereocenters. The first-order chi connectivity index (χ1) is 14.0. The normalized spacial score (nSPS) is 15.1. The van der Waals surface area contributed by atoms with Crippen LogP contribution < -0.4 is 11.1 Å². The van der Waals surface area contributed by atoms with Gasteiger partial charge in [-0.25, -0.2) is 0 Å². The van der Waals surface area contributed by atoms with Crippen LogP contribution in [0.15, 0.2) is 48.5 Å². The average Bonchev–Trinajstić information content (AvgIpc) is 2.75. The van der Waals surface area contributed by atoms with Gasteiger partial charge >= 0.3 is 0 Å². The zero-order valence-corrected chi connectivity index (χ0v) is 17.2. The summed E-state index contributed by atoms with van der Waals surface area (Å²) in [6.45, 7) is 2.57. The van der Waals surface area contributed by atoms with Crippen molar-refractivity contribution in [2.24, 2.45) is 5.73 Å². The van der Waals surface area contributed by atoms with Crippen molar-refractivity contribution in [1.29, 1.82) is 0 Å². The van der Waals surface area contributed by atoms with E-state index in [-0.39, 0.29) is 24.4 Å². The van der Waals surface area contributed by atoms with Crippen LogP contribution in [0.4, 0.5) is 0 Å². The lowest BCUT2D eigenvalue weighted by Crippen LogP contribution is -2.43. The molecule has 154 valence electrons. The molecule has 0 aromatic heterocycles. The molecule has 0 aliphatic carbocycles. The van der Waals surface area contributed by atoms with Gasteiger partial charge in [0.25, 0.3) is 5.91 Å². The number of carbonyl (C=O) groups is 2. The summed E-state index contributed by atoms with van der Waals surface area (Å²) in [5.41, 5.74) is 9.23. The molecule has 0 atom stereocenters. The molecule has 1 aliphatic rings. The summed E-state index contributed by atoms with van der Waals surface area (Å²) < 4.78 is 0. The lowest BCUT2D eigenvalue weighted by molar-refractivity contribution is -0.128. The minimum atomic E-state index is -0.0876. The number of nitrogens with two attached hydrogens (primary N) is 1. The molecule has 29 heavy (non-hydrogen) atoms. The lowest BCUT2D eigenvalue weighted by atomic mass is 10.0. The Bertz CT molecular complexity index is 842. The van der Waals surface area contributed by atoms with Crippen LogP contribution in [0.1, 0.15) is 28.8 Å². The van der Waals surface area contributed by atoms with Crippen LogP contribution >= 0.6 is 0 Å². The summed E-state index contributed by atoms with van der Waals surface area (Å²) in [6.07, 6.45) is 1.99. The van der Waals surface area contributed by atoms with Gasteiger partial charge in [-0.05, 0) is 67.9 Å². The maximum absolute atomic E-state index is 12.5. The Hall–Kier alpha value is -2.70. The van der Waals surface area contributed by atoms with Crippen molar-refractivity contribution in [2.75, 3.05) is 33.7 Å². The third-order valence-corrected chi connectivity index (χ3v) is 5.48. The summed E-state index contributed by atoms with van der Waals surface area (Å²) in [5, 5.41) is 3.15. The van der Waals surface area contributed by atoms with Crippen molar-refractivity contribution in [3.63, 3.8) is 0 Å². The van der Waals surface area contributed by atoms with Crippen molar-refractivity contribution in [3.05, 3.63) is 59.7 Å². The van der Waals surface area contributed by atoms with Gasteiger partial charge in [0.05, 0.1) is 6.54 Å². The molecule has 1 fully saturated rings. The Labute approximate surface area is 172 Å². The number of amides is 2. The Morgan fingerprint density at radius 1 is 1.10 bits per heavy atom. The first-order valence-corrected chi connectivity index (χ1v) is 10.1. The van der Waals surface area contributed by atoms with Gasteiger partial charge in [0.1, 0.15) is 0 Å². The standard InChI is InChI=1S/C23H30N4O2/c1-26-12-10-21(11-13-26)25-23(29)19-8-6-18(7-9-19)20-5-3-4-17(14-20)16-27(2)22(28)15-24/h3-9,14,21H,10-13,15-16,24H2,1-2H3,(H,25,29). The van der Waals surface area contributed by atoms with E-state index in [9.17, 15) is 9.59 Å². The molecule has 2 amide bonds. The monoisotopic (exact) mass is 394 g/mol. The van der Waals surface area contributed by atoms with Gasteiger partial charge in [-0.3, -0.25) is 9.59 Å². The zero-order valence-electron chi connectivity index (χ0n) is 17.2. The predicted octanol–water partition coefficient (Wildman–Crippen LogP) is 2.09. The first-order valence-electron chi connectivity index (χ1n) is 10.1. The van der Waals surface area contributed by atoms with Crippen LogP contribution in [-0.2, 0) is 11.3 Å². The van der Waals surface area contributed by atoms with E-state index in [2.05, 4.69) is 23.3 Å². The fourth-order valence-electron chi connectivity index (χ4n) is 3.60. The minimum Gasteiger partial charge on any atom is -0.349 e. The van der Waals surface area contributed by atoms with Crippen LogP contribution in [0.5, 0.6) is 0 Å². The number of likely N-dealkylation sites (tertiary alicyclic amines) is 1. The van der Waals surface area contributed by atoms with E-state index in [1.165, 1.54) is 0 Å². The highest BCUT2D eigenvalue weighted by molar-refractivity contribution is 5.94.